The molecule has 0 saturated carbocycles. The first-order valence-electron chi connectivity index (χ1n) is 2.27. The van der Waals surface area contributed by atoms with Gasteiger partial charge in [0.05, 0.1) is 12.9 Å². The van der Waals surface area contributed by atoms with Gasteiger partial charge in [0.1, 0.15) is 5.76 Å². The lowest BCUT2D eigenvalue weighted by Gasteiger charge is -1.95. The first-order valence-corrected chi connectivity index (χ1v) is 2.27. The Hall–Kier alpha value is -0.920. The van der Waals surface area contributed by atoms with Crippen molar-refractivity contribution in [3.63, 3.8) is 0 Å². The fourth-order valence-electron chi connectivity index (χ4n) is 0.294. The molecule has 0 amide bonds. The Morgan fingerprint density at radius 3 is 2.38 bits per heavy atom. The highest BCUT2D eigenvalue weighted by Gasteiger charge is 1.83. The van der Waals surface area contributed by atoms with E-state index in [1.807, 2.05) is 0 Å². The van der Waals surface area contributed by atoms with Crippen LogP contribution in [0.2, 0.25) is 0 Å². The Morgan fingerprint density at radius 2 is 2.25 bits per heavy atom. The molecule has 0 aliphatic heterocycles. The van der Waals surface area contributed by atoms with E-state index in [9.17, 15) is 0 Å². The summed E-state index contributed by atoms with van der Waals surface area (Å²) in [4.78, 5) is 0. The zero-order valence-corrected chi connectivity index (χ0v) is 5.14. The molecule has 1 N–H and O–H groups in total. The third-order valence-electron chi connectivity index (χ3n) is 0.692. The van der Waals surface area contributed by atoms with E-state index < -0.39 is 0 Å². The van der Waals surface area contributed by atoms with Gasteiger partial charge in [0.2, 0.25) is 0 Å². The van der Waals surface area contributed by atoms with Crippen LogP contribution >= 0.6 is 0 Å². The van der Waals surface area contributed by atoms with E-state index in [1.54, 1.807) is 6.92 Å². The molecule has 0 radical (unpaired) electrons. The summed E-state index contributed by atoms with van der Waals surface area (Å²) in [5.41, 5.74) is 0. The van der Waals surface area contributed by atoms with Crippen molar-refractivity contribution >= 4 is 0 Å². The third kappa shape index (κ3) is 3.28. The number of allylic oxidation sites excluding steroid dienone is 2. The number of aliphatic hydroxyl groups excluding tert-OH is 1. The van der Waals surface area contributed by atoms with Crippen LogP contribution in [0.5, 0.6) is 0 Å². The van der Waals surface area contributed by atoms with E-state index in [1.165, 1.54) is 13.2 Å². The summed E-state index contributed by atoms with van der Waals surface area (Å²) in [6, 6.07) is 0. The van der Waals surface area contributed by atoms with Crippen LogP contribution in [0.15, 0.2) is 24.2 Å². The first-order chi connectivity index (χ1) is 3.66. The van der Waals surface area contributed by atoms with Gasteiger partial charge in [-0.1, -0.05) is 6.58 Å². The molecular formula is C6H10O2. The highest BCUT2D eigenvalue weighted by Crippen LogP contribution is 1.95. The van der Waals surface area contributed by atoms with Gasteiger partial charge in [0.25, 0.3) is 0 Å². The van der Waals surface area contributed by atoms with Gasteiger partial charge in [-0.3, -0.25) is 0 Å². The first kappa shape index (κ1) is 7.08. The maximum Gasteiger partial charge on any atom is 0.111 e. The SMILES string of the molecule is C=C(O)/C=C(\C)OC. The summed E-state index contributed by atoms with van der Waals surface area (Å²) < 4.78 is 4.70. The Bertz CT molecular complexity index is 114. The van der Waals surface area contributed by atoms with E-state index in [-0.39, 0.29) is 5.76 Å². The highest BCUT2D eigenvalue weighted by molar-refractivity contribution is 5.07. The zero-order chi connectivity index (χ0) is 6.57. The van der Waals surface area contributed by atoms with Gasteiger partial charge in [-0.15, -0.1) is 0 Å². The van der Waals surface area contributed by atoms with Crippen LogP contribution in [0.1, 0.15) is 6.92 Å². The second kappa shape index (κ2) is 3.13. The molecule has 0 fully saturated rings. The summed E-state index contributed by atoms with van der Waals surface area (Å²) in [7, 11) is 1.54. The molecule has 0 aliphatic carbocycles. The van der Waals surface area contributed by atoms with Crippen molar-refractivity contribution in [3.8, 4) is 0 Å². The molecule has 0 unspecified atom stereocenters. The largest absolute Gasteiger partial charge is 0.508 e. The van der Waals surface area contributed by atoms with E-state index >= 15 is 0 Å². The molecule has 0 bridgehead atoms. The molecule has 0 spiro atoms. The lowest BCUT2D eigenvalue weighted by molar-refractivity contribution is 0.290. The molecule has 8 heavy (non-hydrogen) atoms. The fraction of sp³-hybridized carbons (Fsp3) is 0.333. The molecule has 0 saturated heterocycles. The van der Waals surface area contributed by atoms with E-state index in [0.29, 0.717) is 5.76 Å². The molecule has 0 atom stereocenters. The molecule has 0 aromatic carbocycles. The number of hydrogen-bond acceptors (Lipinski definition) is 2. The summed E-state index contributed by atoms with van der Waals surface area (Å²) in [5.74, 6) is 0.668. The van der Waals surface area contributed by atoms with Gasteiger partial charge in [-0.25, -0.2) is 0 Å². The lowest BCUT2D eigenvalue weighted by atomic mass is 10.4. The lowest BCUT2D eigenvalue weighted by Crippen LogP contribution is -1.79. The third-order valence-corrected chi connectivity index (χ3v) is 0.692. The van der Waals surface area contributed by atoms with Gasteiger partial charge in [0.15, 0.2) is 0 Å². The van der Waals surface area contributed by atoms with Gasteiger partial charge in [0, 0.05) is 6.08 Å². The predicted molar refractivity (Wildman–Crippen MR) is 32.5 cm³/mol. The van der Waals surface area contributed by atoms with Gasteiger partial charge in [-0.05, 0) is 6.92 Å². The van der Waals surface area contributed by atoms with E-state index in [0.717, 1.165) is 0 Å². The summed E-state index contributed by atoms with van der Waals surface area (Å²) >= 11 is 0. The monoisotopic (exact) mass is 114 g/mol. The number of rotatable bonds is 2. The summed E-state index contributed by atoms with van der Waals surface area (Å²) in [5, 5.41) is 8.50. The van der Waals surface area contributed by atoms with Crippen molar-refractivity contribution in [1.29, 1.82) is 0 Å². The Morgan fingerprint density at radius 1 is 1.75 bits per heavy atom. The van der Waals surface area contributed by atoms with Crippen molar-refractivity contribution in [3.05, 3.63) is 24.2 Å². The van der Waals surface area contributed by atoms with Crippen molar-refractivity contribution in [2.75, 3.05) is 7.11 Å². The standard InChI is InChI=1S/C6H10O2/c1-5(7)4-6(2)8-3/h4,7H,1H2,2-3H3/b6-4+. The van der Waals surface area contributed by atoms with Crippen LogP contribution < -0.4 is 0 Å². The highest BCUT2D eigenvalue weighted by atomic mass is 16.5. The zero-order valence-electron chi connectivity index (χ0n) is 5.14. The Labute approximate surface area is 49.1 Å². The van der Waals surface area contributed by atoms with Crippen LogP contribution in [0, 0.1) is 0 Å². The molecule has 0 aromatic rings. The molecule has 0 aliphatic rings. The molecule has 46 valence electrons. The van der Waals surface area contributed by atoms with Crippen LogP contribution in [0.25, 0.3) is 0 Å². The molecule has 0 heterocycles. The van der Waals surface area contributed by atoms with Crippen LogP contribution in [0.4, 0.5) is 0 Å². The van der Waals surface area contributed by atoms with Gasteiger partial charge in [-0.2, -0.15) is 0 Å². The minimum atomic E-state index is 0.0179. The second-order valence-electron chi connectivity index (χ2n) is 1.45. The minimum absolute atomic E-state index is 0.0179. The molecular weight excluding hydrogens is 104 g/mol. The average molecular weight is 114 g/mol. The fourth-order valence-corrected chi connectivity index (χ4v) is 0.294. The van der Waals surface area contributed by atoms with Crippen LogP contribution in [0.3, 0.4) is 0 Å². The number of aliphatic hydroxyl groups is 1. The minimum Gasteiger partial charge on any atom is -0.508 e. The van der Waals surface area contributed by atoms with Crippen molar-refractivity contribution in [2.24, 2.45) is 0 Å². The smallest absolute Gasteiger partial charge is 0.111 e. The molecule has 0 aromatic heterocycles. The number of ether oxygens (including phenoxy) is 1. The average Bonchev–Trinajstić information content (AvgIpc) is 1.65. The quantitative estimate of drug-likeness (QED) is 0.436. The van der Waals surface area contributed by atoms with E-state index in [2.05, 4.69) is 6.58 Å². The van der Waals surface area contributed by atoms with Crippen LogP contribution in [-0.4, -0.2) is 12.2 Å². The number of hydrogen-bond donors (Lipinski definition) is 1. The predicted octanol–water partition coefficient (Wildman–Crippen LogP) is 1.61. The maximum absolute atomic E-state index is 8.50. The normalized spacial score (nSPS) is 11.0. The van der Waals surface area contributed by atoms with E-state index in [4.69, 9.17) is 9.84 Å². The van der Waals surface area contributed by atoms with Crippen molar-refractivity contribution in [2.45, 2.75) is 6.92 Å². The number of methoxy groups -OCH3 is 1. The van der Waals surface area contributed by atoms with Crippen molar-refractivity contribution in [1.82, 2.24) is 0 Å². The van der Waals surface area contributed by atoms with Crippen LogP contribution in [-0.2, 0) is 4.74 Å². The summed E-state index contributed by atoms with van der Waals surface area (Å²) in [6.45, 7) is 4.98. The van der Waals surface area contributed by atoms with Gasteiger partial charge < -0.3 is 9.84 Å². The second-order valence-corrected chi connectivity index (χ2v) is 1.45. The molecule has 2 nitrogen and oxygen atoms in total. The topological polar surface area (TPSA) is 29.5 Å². The maximum atomic E-state index is 8.50. The molecule has 2 heteroatoms. The molecule has 0 rings (SSSR count). The Balaban J connectivity index is 3.75. The Kier molecular flexibility index (Phi) is 2.77. The van der Waals surface area contributed by atoms with Gasteiger partial charge >= 0.3 is 0 Å². The summed E-state index contributed by atoms with van der Waals surface area (Å²) in [6.07, 6.45) is 1.44. The van der Waals surface area contributed by atoms with Crippen molar-refractivity contribution < 1.29 is 9.84 Å².